The van der Waals surface area contributed by atoms with Gasteiger partial charge in [-0.15, -0.1) is 12.4 Å². The molecule has 1 heterocycles. The lowest BCUT2D eigenvalue weighted by Crippen LogP contribution is -2.45. The Morgan fingerprint density at radius 3 is 2.56 bits per heavy atom. The lowest BCUT2D eigenvalue weighted by molar-refractivity contribution is -0.134. The van der Waals surface area contributed by atoms with Gasteiger partial charge in [0.05, 0.1) is 0 Å². The van der Waals surface area contributed by atoms with E-state index in [1.807, 2.05) is 0 Å². The summed E-state index contributed by atoms with van der Waals surface area (Å²) in [4.78, 5) is 15.2. The standard InChI is InChI=1S/C29H45NO3.ClH/c1-7-10-11-13-22-19-25(32-27(31)14-12-17-30(8-2)9-3)28-23-18-21(4)15-16-24(23)29(5,6)33-26(28)20-22;/h18-20,23-24H,7-17H2,1-6H3;1H/t23-,24-;/m1./s1. The summed E-state index contributed by atoms with van der Waals surface area (Å²) in [7, 11) is 0. The van der Waals surface area contributed by atoms with E-state index < -0.39 is 0 Å². The summed E-state index contributed by atoms with van der Waals surface area (Å²) in [6, 6.07) is 4.33. The molecule has 0 fully saturated rings. The molecule has 1 aliphatic heterocycles. The molecule has 3 rings (SSSR count). The fraction of sp³-hybridized carbons (Fsp3) is 0.690. The highest BCUT2D eigenvalue weighted by Crippen LogP contribution is 2.53. The third-order valence-electron chi connectivity index (χ3n) is 7.55. The van der Waals surface area contributed by atoms with Crippen molar-refractivity contribution in [2.45, 2.75) is 104 Å². The van der Waals surface area contributed by atoms with Crippen LogP contribution in [-0.4, -0.2) is 36.1 Å². The van der Waals surface area contributed by atoms with E-state index in [9.17, 15) is 4.79 Å². The van der Waals surface area contributed by atoms with Crippen LogP contribution < -0.4 is 9.47 Å². The van der Waals surface area contributed by atoms with Crippen LogP contribution in [0.25, 0.3) is 0 Å². The minimum Gasteiger partial charge on any atom is -0.487 e. The molecule has 1 aliphatic carbocycles. The van der Waals surface area contributed by atoms with Crippen molar-refractivity contribution in [3.05, 3.63) is 34.9 Å². The van der Waals surface area contributed by atoms with Gasteiger partial charge < -0.3 is 14.4 Å². The first-order valence-corrected chi connectivity index (χ1v) is 13.2. The van der Waals surface area contributed by atoms with Gasteiger partial charge >= 0.3 is 5.97 Å². The molecule has 0 spiro atoms. The van der Waals surface area contributed by atoms with Crippen LogP contribution in [-0.2, 0) is 11.2 Å². The lowest BCUT2D eigenvalue weighted by Gasteiger charge is -2.46. The fourth-order valence-corrected chi connectivity index (χ4v) is 5.53. The summed E-state index contributed by atoms with van der Waals surface area (Å²) in [6.45, 7) is 16.2. The topological polar surface area (TPSA) is 38.8 Å². The van der Waals surface area contributed by atoms with Gasteiger partial charge in [-0.3, -0.25) is 4.79 Å². The Morgan fingerprint density at radius 2 is 1.88 bits per heavy atom. The Labute approximate surface area is 213 Å². The number of esters is 1. The average Bonchev–Trinajstić information content (AvgIpc) is 2.76. The van der Waals surface area contributed by atoms with Crippen LogP contribution in [0.1, 0.15) is 104 Å². The lowest BCUT2D eigenvalue weighted by atomic mass is 9.68. The van der Waals surface area contributed by atoms with Crippen molar-refractivity contribution in [3.8, 4) is 11.5 Å². The number of nitrogens with zero attached hydrogens (tertiary/aromatic N) is 1. The first-order chi connectivity index (χ1) is 15.8. The Kier molecular flexibility index (Phi) is 11.0. The smallest absolute Gasteiger partial charge is 0.311 e. The number of hydrogen-bond acceptors (Lipinski definition) is 4. The van der Waals surface area contributed by atoms with E-state index in [1.165, 1.54) is 24.0 Å². The number of benzene rings is 1. The van der Waals surface area contributed by atoms with Gasteiger partial charge in [0.25, 0.3) is 0 Å². The number of halogens is 1. The van der Waals surface area contributed by atoms with Gasteiger partial charge in [-0.05, 0) is 90.2 Å². The third kappa shape index (κ3) is 7.01. The Balaban J connectivity index is 0.00000408. The number of aryl methyl sites for hydroxylation is 1. The highest BCUT2D eigenvalue weighted by atomic mass is 35.5. The molecule has 192 valence electrons. The molecule has 0 amide bonds. The Hall–Kier alpha value is -1.52. The van der Waals surface area contributed by atoms with Crippen molar-refractivity contribution in [2.24, 2.45) is 5.92 Å². The van der Waals surface area contributed by atoms with Crippen molar-refractivity contribution < 1.29 is 14.3 Å². The zero-order chi connectivity index (χ0) is 24.0. The minimum atomic E-state index is -0.234. The zero-order valence-corrected chi connectivity index (χ0v) is 23.1. The maximum absolute atomic E-state index is 12.9. The molecule has 1 aromatic rings. The summed E-state index contributed by atoms with van der Waals surface area (Å²) >= 11 is 0. The number of allylic oxidation sites excluding steroid dienone is 2. The largest absolute Gasteiger partial charge is 0.487 e. The molecule has 0 unspecified atom stereocenters. The van der Waals surface area contributed by atoms with Gasteiger partial charge in [-0.2, -0.15) is 0 Å². The van der Waals surface area contributed by atoms with Gasteiger partial charge in [0.15, 0.2) is 0 Å². The predicted molar refractivity (Wildman–Crippen MR) is 144 cm³/mol. The molecule has 4 nitrogen and oxygen atoms in total. The summed E-state index contributed by atoms with van der Waals surface area (Å²) in [5.41, 5.74) is 3.47. The monoisotopic (exact) mass is 491 g/mol. The molecule has 0 aromatic heterocycles. The number of hydrogen-bond donors (Lipinski definition) is 0. The Morgan fingerprint density at radius 1 is 1.15 bits per heavy atom. The van der Waals surface area contributed by atoms with Crippen LogP contribution in [0.15, 0.2) is 23.8 Å². The van der Waals surface area contributed by atoms with Crippen LogP contribution in [0.4, 0.5) is 0 Å². The highest BCUT2D eigenvalue weighted by Gasteiger charge is 2.45. The molecule has 1 aromatic carbocycles. The normalized spacial score (nSPS) is 20.5. The van der Waals surface area contributed by atoms with E-state index >= 15 is 0 Å². The van der Waals surface area contributed by atoms with Crippen molar-refractivity contribution in [2.75, 3.05) is 19.6 Å². The highest BCUT2D eigenvalue weighted by molar-refractivity contribution is 5.85. The molecule has 0 saturated carbocycles. The van der Waals surface area contributed by atoms with E-state index in [-0.39, 0.29) is 29.9 Å². The van der Waals surface area contributed by atoms with Crippen LogP contribution in [0.2, 0.25) is 0 Å². The van der Waals surface area contributed by atoms with Gasteiger partial charge in [-0.1, -0.05) is 45.3 Å². The first-order valence-electron chi connectivity index (χ1n) is 13.2. The van der Waals surface area contributed by atoms with Gasteiger partial charge in [-0.25, -0.2) is 0 Å². The number of rotatable bonds is 11. The zero-order valence-electron chi connectivity index (χ0n) is 22.2. The van der Waals surface area contributed by atoms with E-state index in [1.54, 1.807) is 0 Å². The molecule has 0 bridgehead atoms. The SMILES string of the molecule is CCCCCc1cc(OC(=O)CCCN(CC)CC)c2c(c1)OC(C)(C)[C@@H]1CCC(C)=C[C@@H]21.Cl. The quantitative estimate of drug-likeness (QED) is 0.139. The van der Waals surface area contributed by atoms with Gasteiger partial charge in [0.1, 0.15) is 17.1 Å². The second-order valence-corrected chi connectivity index (χ2v) is 10.5. The van der Waals surface area contributed by atoms with Gasteiger partial charge in [0, 0.05) is 23.8 Å². The minimum absolute atomic E-state index is 0. The summed E-state index contributed by atoms with van der Waals surface area (Å²) in [5, 5.41) is 0. The molecule has 34 heavy (non-hydrogen) atoms. The van der Waals surface area contributed by atoms with Crippen molar-refractivity contribution in [1.82, 2.24) is 4.90 Å². The predicted octanol–water partition coefficient (Wildman–Crippen LogP) is 7.48. The second-order valence-electron chi connectivity index (χ2n) is 10.5. The third-order valence-corrected chi connectivity index (χ3v) is 7.55. The molecule has 2 atom stereocenters. The Bertz CT molecular complexity index is 844. The van der Waals surface area contributed by atoms with Crippen LogP contribution in [0.5, 0.6) is 11.5 Å². The van der Waals surface area contributed by atoms with Crippen LogP contribution >= 0.6 is 12.4 Å². The van der Waals surface area contributed by atoms with Crippen molar-refractivity contribution in [1.29, 1.82) is 0 Å². The fourth-order valence-electron chi connectivity index (χ4n) is 5.53. The molecular formula is C29H46ClNO3. The summed E-state index contributed by atoms with van der Waals surface area (Å²) in [6.07, 6.45) is 10.4. The molecule has 0 saturated heterocycles. The maximum atomic E-state index is 12.9. The van der Waals surface area contributed by atoms with E-state index in [2.05, 4.69) is 64.7 Å². The number of fused-ring (bicyclic) bond motifs is 3. The molecule has 0 radical (unpaired) electrons. The van der Waals surface area contributed by atoms with Crippen LogP contribution in [0.3, 0.4) is 0 Å². The second kappa shape index (κ2) is 13.0. The van der Waals surface area contributed by atoms with Crippen LogP contribution in [0, 0.1) is 5.92 Å². The number of ether oxygens (including phenoxy) is 2. The van der Waals surface area contributed by atoms with E-state index in [4.69, 9.17) is 9.47 Å². The molecule has 2 aliphatic rings. The molecular weight excluding hydrogens is 446 g/mol. The van der Waals surface area contributed by atoms with Gasteiger partial charge in [0.2, 0.25) is 0 Å². The first kappa shape index (κ1) is 28.7. The maximum Gasteiger partial charge on any atom is 0.311 e. The summed E-state index contributed by atoms with van der Waals surface area (Å²) < 4.78 is 12.7. The number of carbonyl (C=O) groups excluding carboxylic acids is 1. The van der Waals surface area contributed by atoms with Crippen molar-refractivity contribution in [3.63, 3.8) is 0 Å². The summed E-state index contributed by atoms with van der Waals surface area (Å²) in [5.74, 6) is 2.13. The molecule has 0 N–H and O–H groups in total. The van der Waals surface area contributed by atoms with Crippen molar-refractivity contribution >= 4 is 18.4 Å². The van der Waals surface area contributed by atoms with E-state index in [0.29, 0.717) is 12.3 Å². The number of unbranched alkanes of at least 4 members (excludes halogenated alkanes) is 2. The molecule has 5 heteroatoms. The van der Waals surface area contributed by atoms with E-state index in [0.717, 1.165) is 68.8 Å². The number of carbonyl (C=O) groups is 1. The average molecular weight is 492 g/mol.